The van der Waals surface area contributed by atoms with Crippen molar-refractivity contribution in [3.8, 4) is 0 Å². The van der Waals surface area contributed by atoms with Gasteiger partial charge in [-0.15, -0.1) is 0 Å². The van der Waals surface area contributed by atoms with E-state index in [4.69, 9.17) is 5.11 Å². The first-order chi connectivity index (χ1) is 10.1. The van der Waals surface area contributed by atoms with Gasteiger partial charge in [-0.3, -0.25) is 10.1 Å². The summed E-state index contributed by atoms with van der Waals surface area (Å²) < 4.78 is 0. The van der Waals surface area contributed by atoms with Crippen molar-refractivity contribution in [2.24, 2.45) is 0 Å². The number of benzene rings is 2. The number of rotatable bonds is 6. The predicted octanol–water partition coefficient (Wildman–Crippen LogP) is 3.65. The lowest BCUT2D eigenvalue weighted by atomic mass is 10.0. The van der Waals surface area contributed by atoms with Crippen LogP contribution in [0.4, 0.5) is 11.4 Å². The molecule has 110 valence electrons. The van der Waals surface area contributed by atoms with Gasteiger partial charge in [-0.05, 0) is 29.7 Å². The van der Waals surface area contributed by atoms with Crippen molar-refractivity contribution >= 4 is 11.4 Å². The van der Waals surface area contributed by atoms with E-state index >= 15 is 0 Å². The Labute approximate surface area is 123 Å². The molecule has 2 aromatic rings. The van der Waals surface area contributed by atoms with Crippen molar-refractivity contribution in [2.75, 3.05) is 5.32 Å². The molecule has 0 amide bonds. The van der Waals surface area contributed by atoms with Gasteiger partial charge in [0.25, 0.3) is 5.69 Å². The summed E-state index contributed by atoms with van der Waals surface area (Å²) in [4.78, 5) is 10.5. The molecule has 0 saturated heterocycles. The zero-order valence-corrected chi connectivity index (χ0v) is 11.8. The summed E-state index contributed by atoms with van der Waals surface area (Å²) >= 11 is 0. The molecular weight excluding hydrogens is 268 g/mol. The van der Waals surface area contributed by atoms with E-state index < -0.39 is 0 Å². The highest BCUT2D eigenvalue weighted by molar-refractivity contribution is 5.48. The smallest absolute Gasteiger partial charge is 0.269 e. The zero-order valence-electron chi connectivity index (χ0n) is 11.8. The maximum atomic E-state index is 10.9. The minimum atomic E-state index is -0.386. The molecular formula is C16H18N2O3. The Morgan fingerprint density at radius 3 is 2.67 bits per heavy atom. The van der Waals surface area contributed by atoms with E-state index in [0.29, 0.717) is 0 Å². The van der Waals surface area contributed by atoms with E-state index in [0.717, 1.165) is 23.2 Å². The number of nitro benzene ring substituents is 1. The number of nitrogens with zero attached hydrogens (tertiary/aromatic N) is 1. The Hall–Kier alpha value is -2.40. The molecule has 0 heterocycles. The lowest BCUT2D eigenvalue weighted by Gasteiger charge is -2.19. The summed E-state index contributed by atoms with van der Waals surface area (Å²) in [6, 6.07) is 14.2. The predicted molar refractivity (Wildman–Crippen MR) is 82.1 cm³/mol. The molecule has 0 aromatic heterocycles. The third-order valence-electron chi connectivity index (χ3n) is 3.34. The molecule has 0 aliphatic carbocycles. The third-order valence-corrected chi connectivity index (χ3v) is 3.34. The lowest BCUT2D eigenvalue weighted by molar-refractivity contribution is -0.384. The Bertz CT molecular complexity index is 628. The van der Waals surface area contributed by atoms with Crippen LogP contribution < -0.4 is 5.32 Å². The van der Waals surface area contributed by atoms with Crippen LogP contribution in [-0.4, -0.2) is 10.0 Å². The summed E-state index contributed by atoms with van der Waals surface area (Å²) in [5.41, 5.74) is 2.69. The minimum absolute atomic E-state index is 0.0108. The quantitative estimate of drug-likeness (QED) is 0.628. The van der Waals surface area contributed by atoms with Crippen LogP contribution >= 0.6 is 0 Å². The second-order valence-corrected chi connectivity index (χ2v) is 4.82. The number of aliphatic hydroxyl groups is 1. The van der Waals surface area contributed by atoms with E-state index in [-0.39, 0.29) is 23.3 Å². The maximum absolute atomic E-state index is 10.9. The fraction of sp³-hybridized carbons (Fsp3) is 0.250. The van der Waals surface area contributed by atoms with Gasteiger partial charge in [-0.2, -0.15) is 0 Å². The molecule has 5 nitrogen and oxygen atoms in total. The van der Waals surface area contributed by atoms with Gasteiger partial charge < -0.3 is 10.4 Å². The molecule has 2 rings (SSSR count). The second kappa shape index (κ2) is 6.85. The first-order valence-electron chi connectivity index (χ1n) is 6.84. The van der Waals surface area contributed by atoms with Gasteiger partial charge in [0.2, 0.25) is 0 Å². The molecule has 5 heteroatoms. The largest absolute Gasteiger partial charge is 0.392 e. The summed E-state index contributed by atoms with van der Waals surface area (Å²) in [7, 11) is 0. The second-order valence-electron chi connectivity index (χ2n) is 4.82. The highest BCUT2D eigenvalue weighted by Gasteiger charge is 2.13. The molecule has 2 N–H and O–H groups in total. The van der Waals surface area contributed by atoms with Crippen LogP contribution in [0.3, 0.4) is 0 Å². The number of nitro groups is 1. The lowest BCUT2D eigenvalue weighted by Crippen LogP contribution is -2.10. The van der Waals surface area contributed by atoms with Crippen LogP contribution in [0.25, 0.3) is 0 Å². The fourth-order valence-electron chi connectivity index (χ4n) is 2.24. The summed E-state index contributed by atoms with van der Waals surface area (Å²) in [5, 5.41) is 23.4. The van der Waals surface area contributed by atoms with Crippen LogP contribution in [0.1, 0.15) is 30.5 Å². The van der Waals surface area contributed by atoms with Crippen molar-refractivity contribution in [1.29, 1.82) is 0 Å². The first-order valence-corrected chi connectivity index (χ1v) is 6.84. The average Bonchev–Trinajstić information content (AvgIpc) is 2.53. The highest BCUT2D eigenvalue weighted by atomic mass is 16.6. The van der Waals surface area contributed by atoms with Crippen LogP contribution in [0.5, 0.6) is 0 Å². The fourth-order valence-corrected chi connectivity index (χ4v) is 2.24. The van der Waals surface area contributed by atoms with Crippen LogP contribution in [0.15, 0.2) is 48.5 Å². The van der Waals surface area contributed by atoms with Gasteiger partial charge in [0.1, 0.15) is 0 Å². The summed E-state index contributed by atoms with van der Waals surface area (Å²) in [5.74, 6) is 0. The molecule has 0 spiro atoms. The number of non-ortho nitro benzene ring substituents is 1. The Balaban J connectivity index is 2.23. The van der Waals surface area contributed by atoms with Crippen molar-refractivity contribution in [2.45, 2.75) is 26.0 Å². The van der Waals surface area contributed by atoms with E-state index in [1.807, 2.05) is 37.3 Å². The first kappa shape index (κ1) is 15.0. The maximum Gasteiger partial charge on any atom is 0.269 e. The SMILES string of the molecule is CCC(Nc1cccc(CO)c1)c1cccc([N+](=O)[O-])c1. The third kappa shape index (κ3) is 3.79. The molecule has 0 saturated carbocycles. The van der Waals surface area contributed by atoms with Gasteiger partial charge in [0.05, 0.1) is 17.6 Å². The average molecular weight is 286 g/mol. The number of nitrogens with one attached hydrogen (secondary N) is 1. The van der Waals surface area contributed by atoms with Crippen molar-refractivity contribution in [3.05, 3.63) is 69.8 Å². The molecule has 0 bridgehead atoms. The van der Waals surface area contributed by atoms with Gasteiger partial charge in [-0.25, -0.2) is 0 Å². The van der Waals surface area contributed by atoms with E-state index in [2.05, 4.69) is 5.32 Å². The molecule has 1 atom stereocenters. The van der Waals surface area contributed by atoms with Gasteiger partial charge in [0.15, 0.2) is 0 Å². The summed E-state index contributed by atoms with van der Waals surface area (Å²) in [6.45, 7) is 2.01. The summed E-state index contributed by atoms with van der Waals surface area (Å²) in [6.07, 6.45) is 0.796. The van der Waals surface area contributed by atoms with E-state index in [9.17, 15) is 10.1 Å². The topological polar surface area (TPSA) is 75.4 Å². The van der Waals surface area contributed by atoms with E-state index in [1.54, 1.807) is 12.1 Å². The Morgan fingerprint density at radius 1 is 1.24 bits per heavy atom. The van der Waals surface area contributed by atoms with Crippen molar-refractivity contribution in [3.63, 3.8) is 0 Å². The molecule has 0 radical (unpaired) electrons. The molecule has 1 unspecified atom stereocenters. The molecule has 2 aromatic carbocycles. The van der Waals surface area contributed by atoms with E-state index in [1.165, 1.54) is 6.07 Å². The molecule has 0 fully saturated rings. The Morgan fingerprint density at radius 2 is 2.00 bits per heavy atom. The van der Waals surface area contributed by atoms with Gasteiger partial charge in [-0.1, -0.05) is 31.2 Å². The van der Waals surface area contributed by atoms with Gasteiger partial charge in [0, 0.05) is 17.8 Å². The monoisotopic (exact) mass is 286 g/mol. The number of hydrogen-bond donors (Lipinski definition) is 2. The standard InChI is InChI=1S/C16H18N2O3/c1-2-16(13-6-4-8-15(10-13)18(20)21)17-14-7-3-5-12(9-14)11-19/h3-10,16-17,19H,2,11H2,1H3. The van der Waals surface area contributed by atoms with Crippen LogP contribution in [0.2, 0.25) is 0 Å². The number of hydrogen-bond acceptors (Lipinski definition) is 4. The molecule has 21 heavy (non-hydrogen) atoms. The van der Waals surface area contributed by atoms with Crippen molar-refractivity contribution in [1.82, 2.24) is 0 Å². The Kier molecular flexibility index (Phi) is 4.90. The zero-order chi connectivity index (χ0) is 15.2. The molecule has 0 aliphatic rings. The number of aliphatic hydroxyl groups excluding tert-OH is 1. The van der Waals surface area contributed by atoms with Crippen molar-refractivity contribution < 1.29 is 10.0 Å². The number of anilines is 1. The van der Waals surface area contributed by atoms with Crippen LogP contribution in [0, 0.1) is 10.1 Å². The van der Waals surface area contributed by atoms with Crippen LogP contribution in [-0.2, 0) is 6.61 Å². The normalized spacial score (nSPS) is 11.9. The molecule has 0 aliphatic heterocycles. The van der Waals surface area contributed by atoms with Gasteiger partial charge >= 0.3 is 0 Å². The minimum Gasteiger partial charge on any atom is -0.392 e. The highest BCUT2D eigenvalue weighted by Crippen LogP contribution is 2.25.